The van der Waals surface area contributed by atoms with Crippen molar-refractivity contribution in [3.63, 3.8) is 0 Å². The van der Waals surface area contributed by atoms with Crippen molar-refractivity contribution in [3.8, 4) is 5.75 Å². The number of ether oxygens (including phenoxy) is 1. The van der Waals surface area contributed by atoms with E-state index in [0.717, 1.165) is 47.9 Å². The lowest BCUT2D eigenvalue weighted by atomic mass is 10.1. The van der Waals surface area contributed by atoms with Crippen molar-refractivity contribution in [3.05, 3.63) is 94.9 Å². The maximum absolute atomic E-state index is 7.16. The molecule has 1 atom stereocenters. The molecule has 6 heteroatoms. The molecule has 1 aromatic carbocycles. The van der Waals surface area contributed by atoms with E-state index in [1.54, 1.807) is 12.4 Å². The molecule has 1 saturated heterocycles. The highest BCUT2D eigenvalue weighted by atomic mass is 16.5. The topological polar surface area (TPSA) is 63.4 Å². The van der Waals surface area contributed by atoms with Crippen molar-refractivity contribution in [1.82, 2.24) is 20.6 Å². The highest BCUT2D eigenvalue weighted by Gasteiger charge is 2.13. The fourth-order valence-electron chi connectivity index (χ4n) is 3.65. The van der Waals surface area contributed by atoms with E-state index in [1.807, 2.05) is 48.6 Å². The number of nitrogens with zero attached hydrogens (tertiary/aromatic N) is 3. The molecule has 0 amide bonds. The van der Waals surface area contributed by atoms with Crippen molar-refractivity contribution < 1.29 is 4.74 Å². The molecule has 0 saturated carbocycles. The van der Waals surface area contributed by atoms with E-state index in [1.165, 1.54) is 6.42 Å². The first kappa shape index (κ1) is 21.7. The van der Waals surface area contributed by atoms with Crippen LogP contribution in [0.5, 0.6) is 5.75 Å². The number of hydrogen-bond acceptors (Lipinski definition) is 5. The summed E-state index contributed by atoms with van der Waals surface area (Å²) >= 11 is 0. The van der Waals surface area contributed by atoms with E-state index >= 15 is 0 Å². The van der Waals surface area contributed by atoms with Crippen LogP contribution in [0.4, 0.5) is 5.69 Å². The lowest BCUT2D eigenvalue weighted by molar-refractivity contribution is 0.305. The Balaban J connectivity index is 1.48. The molecule has 32 heavy (non-hydrogen) atoms. The predicted octanol–water partition coefficient (Wildman–Crippen LogP) is 4.48. The Bertz CT molecular complexity index is 1080. The molecule has 0 radical (unpaired) electrons. The van der Waals surface area contributed by atoms with Crippen LogP contribution in [0, 0.1) is 12.5 Å². The zero-order valence-electron chi connectivity index (χ0n) is 18.0. The highest BCUT2D eigenvalue weighted by molar-refractivity contribution is 5.70. The summed E-state index contributed by atoms with van der Waals surface area (Å²) in [6.07, 6.45) is 8.37. The molecule has 3 heterocycles. The molecule has 3 aromatic rings. The Morgan fingerprint density at radius 1 is 1.16 bits per heavy atom. The second-order valence-electron chi connectivity index (χ2n) is 7.90. The summed E-state index contributed by atoms with van der Waals surface area (Å²) in [6, 6.07) is 15.9. The van der Waals surface area contributed by atoms with Gasteiger partial charge in [-0.15, -0.1) is 0 Å². The third-order valence-corrected chi connectivity index (χ3v) is 5.34. The molecule has 1 aliphatic heterocycles. The molecular weight excluding hydrogens is 398 g/mol. The number of pyridine rings is 2. The van der Waals surface area contributed by atoms with Gasteiger partial charge >= 0.3 is 0 Å². The molecule has 6 nitrogen and oxygen atoms in total. The van der Waals surface area contributed by atoms with Crippen molar-refractivity contribution in [2.75, 3.05) is 19.6 Å². The first-order valence-electron chi connectivity index (χ1n) is 10.9. The van der Waals surface area contributed by atoms with Crippen LogP contribution < -0.4 is 15.4 Å². The fourth-order valence-corrected chi connectivity index (χ4v) is 3.65. The lowest BCUT2D eigenvalue weighted by Crippen LogP contribution is -2.24. The largest absolute Gasteiger partial charge is 0.489 e. The predicted molar refractivity (Wildman–Crippen MR) is 127 cm³/mol. The van der Waals surface area contributed by atoms with Crippen LogP contribution in [0.1, 0.15) is 28.9 Å². The molecule has 0 aliphatic carbocycles. The molecule has 1 aliphatic rings. The van der Waals surface area contributed by atoms with Crippen LogP contribution in [0.2, 0.25) is 0 Å². The Morgan fingerprint density at radius 2 is 2.06 bits per heavy atom. The summed E-state index contributed by atoms with van der Waals surface area (Å²) in [7, 11) is 0. The Morgan fingerprint density at radius 3 is 2.88 bits per heavy atom. The average molecular weight is 426 g/mol. The van der Waals surface area contributed by atoms with Gasteiger partial charge in [-0.25, -0.2) is 4.85 Å². The number of aromatic nitrogens is 2. The van der Waals surface area contributed by atoms with Gasteiger partial charge in [0, 0.05) is 31.1 Å². The first-order chi connectivity index (χ1) is 15.8. The SMILES string of the molecule is [C-]#[N+]c1cncc(/C=C/c2cc(OCc3ccccc3)cc(CNCC3CCNC3)n2)c1. The minimum atomic E-state index is 0.506. The summed E-state index contributed by atoms with van der Waals surface area (Å²) in [5.74, 6) is 1.46. The quantitative estimate of drug-likeness (QED) is 0.495. The van der Waals surface area contributed by atoms with Crippen molar-refractivity contribution >= 4 is 17.8 Å². The molecule has 4 rings (SSSR count). The zero-order chi connectivity index (χ0) is 22.0. The molecule has 162 valence electrons. The van der Waals surface area contributed by atoms with Gasteiger partial charge in [-0.05, 0) is 55.2 Å². The summed E-state index contributed by atoms with van der Waals surface area (Å²) in [6.45, 7) is 11.5. The highest BCUT2D eigenvalue weighted by Crippen LogP contribution is 2.19. The van der Waals surface area contributed by atoms with Crippen LogP contribution in [0.3, 0.4) is 0 Å². The first-order valence-corrected chi connectivity index (χ1v) is 10.9. The van der Waals surface area contributed by atoms with Gasteiger partial charge in [-0.3, -0.25) is 9.97 Å². The number of nitrogens with one attached hydrogen (secondary N) is 2. The van der Waals surface area contributed by atoms with Gasteiger partial charge in [0.05, 0.1) is 18.0 Å². The second kappa shape index (κ2) is 11.2. The van der Waals surface area contributed by atoms with Gasteiger partial charge in [0.15, 0.2) is 0 Å². The van der Waals surface area contributed by atoms with Crippen molar-refractivity contribution in [2.45, 2.75) is 19.6 Å². The summed E-state index contributed by atoms with van der Waals surface area (Å²) in [5.41, 5.74) is 4.25. The molecule has 2 aromatic heterocycles. The molecule has 0 bridgehead atoms. The van der Waals surface area contributed by atoms with Gasteiger partial charge in [-0.2, -0.15) is 0 Å². The van der Waals surface area contributed by atoms with Crippen LogP contribution in [-0.4, -0.2) is 29.6 Å². The molecular formula is C26H27N5O. The summed E-state index contributed by atoms with van der Waals surface area (Å²) < 4.78 is 6.08. The van der Waals surface area contributed by atoms with Crippen LogP contribution in [0.15, 0.2) is 60.9 Å². The second-order valence-corrected chi connectivity index (χ2v) is 7.90. The van der Waals surface area contributed by atoms with Gasteiger partial charge in [0.25, 0.3) is 0 Å². The smallest absolute Gasteiger partial charge is 0.205 e. The van der Waals surface area contributed by atoms with E-state index in [9.17, 15) is 0 Å². The van der Waals surface area contributed by atoms with E-state index in [4.69, 9.17) is 16.3 Å². The molecule has 0 spiro atoms. The van der Waals surface area contributed by atoms with E-state index < -0.39 is 0 Å². The third-order valence-electron chi connectivity index (χ3n) is 5.34. The zero-order valence-corrected chi connectivity index (χ0v) is 18.0. The van der Waals surface area contributed by atoms with Crippen molar-refractivity contribution in [1.29, 1.82) is 0 Å². The maximum atomic E-state index is 7.16. The summed E-state index contributed by atoms with van der Waals surface area (Å²) in [4.78, 5) is 12.3. The number of rotatable bonds is 9. The molecule has 1 unspecified atom stereocenters. The normalized spacial score (nSPS) is 15.7. The Kier molecular flexibility index (Phi) is 7.59. The average Bonchev–Trinajstić information content (AvgIpc) is 3.36. The van der Waals surface area contributed by atoms with Gasteiger partial charge in [-0.1, -0.05) is 36.4 Å². The van der Waals surface area contributed by atoms with Gasteiger partial charge in [0.1, 0.15) is 12.4 Å². The lowest BCUT2D eigenvalue weighted by Gasteiger charge is -2.12. The number of hydrogen-bond donors (Lipinski definition) is 2. The van der Waals surface area contributed by atoms with Crippen molar-refractivity contribution in [2.24, 2.45) is 5.92 Å². The Hall–Kier alpha value is -3.53. The van der Waals surface area contributed by atoms with E-state index in [2.05, 4.69) is 32.6 Å². The summed E-state index contributed by atoms with van der Waals surface area (Å²) in [5, 5.41) is 6.94. The fraction of sp³-hybridized carbons (Fsp3) is 0.269. The van der Waals surface area contributed by atoms with Gasteiger partial charge in [0.2, 0.25) is 5.69 Å². The standard InChI is InChI=1S/C26H27N5O/c1-27-24-11-21(14-29-17-24)7-8-23-12-26(32-19-20-5-3-2-4-6-20)13-25(31-23)18-30-16-22-9-10-28-15-22/h2-8,11-14,17,22,28,30H,9-10,15-16,18-19H2/b8-7+. The Labute approximate surface area is 189 Å². The minimum absolute atomic E-state index is 0.506. The maximum Gasteiger partial charge on any atom is 0.205 e. The van der Waals surface area contributed by atoms with E-state index in [0.29, 0.717) is 24.8 Å². The minimum Gasteiger partial charge on any atom is -0.489 e. The molecule has 2 N–H and O–H groups in total. The van der Waals surface area contributed by atoms with E-state index in [-0.39, 0.29) is 0 Å². The number of benzene rings is 1. The van der Waals surface area contributed by atoms with Gasteiger partial charge < -0.3 is 15.4 Å². The third kappa shape index (κ3) is 6.48. The van der Waals surface area contributed by atoms with Crippen LogP contribution >= 0.6 is 0 Å². The monoisotopic (exact) mass is 425 g/mol. The van der Waals surface area contributed by atoms with Crippen LogP contribution in [-0.2, 0) is 13.2 Å². The van der Waals surface area contributed by atoms with Crippen LogP contribution in [0.25, 0.3) is 17.0 Å². The molecule has 1 fully saturated rings.